The molecule has 1 rings (SSSR count). The summed E-state index contributed by atoms with van der Waals surface area (Å²) in [5, 5.41) is 15.0. The van der Waals surface area contributed by atoms with E-state index in [-0.39, 0.29) is 12.6 Å². The molecular formula is C14H22N2O2. The highest BCUT2D eigenvalue weighted by Gasteiger charge is 2.08. The van der Waals surface area contributed by atoms with Crippen molar-refractivity contribution in [3.8, 4) is 0 Å². The molecule has 0 aromatic heterocycles. The van der Waals surface area contributed by atoms with Crippen LogP contribution in [0.25, 0.3) is 0 Å². The molecule has 0 aliphatic heterocycles. The number of hydrogen-bond donors (Lipinski definition) is 3. The molecule has 0 aliphatic rings. The first-order valence-electron chi connectivity index (χ1n) is 6.27. The predicted molar refractivity (Wildman–Crippen MR) is 73.7 cm³/mol. The van der Waals surface area contributed by atoms with Gasteiger partial charge in [-0.15, -0.1) is 0 Å². The van der Waals surface area contributed by atoms with Crippen molar-refractivity contribution >= 4 is 11.7 Å². The van der Waals surface area contributed by atoms with Crippen LogP contribution in [-0.4, -0.2) is 23.8 Å². The van der Waals surface area contributed by atoms with Crippen molar-refractivity contribution in [1.82, 2.24) is 5.32 Å². The number of rotatable bonds is 5. The van der Waals surface area contributed by atoms with Crippen LogP contribution in [-0.2, 0) is 0 Å². The molecule has 1 unspecified atom stereocenters. The SMILES string of the molecule is Cc1cccc(NC(=O)NCC(O)CC(C)C)c1. The lowest BCUT2D eigenvalue weighted by molar-refractivity contribution is 0.148. The number of benzene rings is 1. The Morgan fingerprint density at radius 1 is 1.39 bits per heavy atom. The molecule has 0 saturated carbocycles. The third-order valence-corrected chi connectivity index (χ3v) is 2.52. The van der Waals surface area contributed by atoms with Gasteiger partial charge in [0.25, 0.3) is 0 Å². The summed E-state index contributed by atoms with van der Waals surface area (Å²) in [5.41, 5.74) is 1.85. The summed E-state index contributed by atoms with van der Waals surface area (Å²) in [6, 6.07) is 7.29. The summed E-state index contributed by atoms with van der Waals surface area (Å²) in [6.07, 6.45) is 0.193. The van der Waals surface area contributed by atoms with Gasteiger partial charge in [0.15, 0.2) is 0 Å². The van der Waals surface area contributed by atoms with Gasteiger partial charge in [-0.05, 0) is 37.0 Å². The molecule has 1 aromatic rings. The Hall–Kier alpha value is -1.55. The fraction of sp³-hybridized carbons (Fsp3) is 0.500. The van der Waals surface area contributed by atoms with E-state index in [0.717, 1.165) is 11.3 Å². The molecular weight excluding hydrogens is 228 g/mol. The molecule has 0 radical (unpaired) electrons. The number of urea groups is 1. The van der Waals surface area contributed by atoms with Crippen LogP contribution in [0.2, 0.25) is 0 Å². The molecule has 0 spiro atoms. The van der Waals surface area contributed by atoms with Gasteiger partial charge in [0, 0.05) is 12.2 Å². The van der Waals surface area contributed by atoms with Crippen LogP contribution in [0.15, 0.2) is 24.3 Å². The summed E-state index contributed by atoms with van der Waals surface area (Å²) in [4.78, 5) is 11.6. The zero-order valence-electron chi connectivity index (χ0n) is 11.2. The normalized spacial score (nSPS) is 12.3. The molecule has 1 atom stereocenters. The van der Waals surface area contributed by atoms with Gasteiger partial charge in [-0.25, -0.2) is 4.79 Å². The average molecular weight is 250 g/mol. The first-order chi connectivity index (χ1) is 8.47. The monoisotopic (exact) mass is 250 g/mol. The lowest BCUT2D eigenvalue weighted by atomic mass is 10.1. The summed E-state index contributed by atoms with van der Waals surface area (Å²) >= 11 is 0. The fourth-order valence-electron chi connectivity index (χ4n) is 1.74. The van der Waals surface area contributed by atoms with Crippen molar-refractivity contribution in [2.45, 2.75) is 33.3 Å². The quantitative estimate of drug-likeness (QED) is 0.752. The maximum atomic E-state index is 11.6. The molecule has 4 heteroatoms. The molecule has 0 saturated heterocycles. The lowest BCUT2D eigenvalue weighted by Gasteiger charge is -2.14. The highest BCUT2D eigenvalue weighted by molar-refractivity contribution is 5.89. The average Bonchev–Trinajstić information content (AvgIpc) is 2.25. The Balaban J connectivity index is 2.34. The van der Waals surface area contributed by atoms with E-state index < -0.39 is 6.10 Å². The lowest BCUT2D eigenvalue weighted by Crippen LogP contribution is -2.35. The van der Waals surface area contributed by atoms with Gasteiger partial charge in [-0.2, -0.15) is 0 Å². The molecule has 3 N–H and O–H groups in total. The minimum Gasteiger partial charge on any atom is -0.391 e. The predicted octanol–water partition coefficient (Wildman–Crippen LogP) is 2.52. The fourth-order valence-corrected chi connectivity index (χ4v) is 1.74. The van der Waals surface area contributed by atoms with Crippen molar-refractivity contribution in [3.63, 3.8) is 0 Å². The Kier molecular flexibility index (Phi) is 5.65. The maximum Gasteiger partial charge on any atom is 0.319 e. The van der Waals surface area contributed by atoms with Crippen LogP contribution in [0.4, 0.5) is 10.5 Å². The van der Waals surface area contributed by atoms with E-state index in [4.69, 9.17) is 0 Å². The van der Waals surface area contributed by atoms with Crippen LogP contribution in [0, 0.1) is 12.8 Å². The first-order valence-corrected chi connectivity index (χ1v) is 6.27. The maximum absolute atomic E-state index is 11.6. The Labute approximate surface area is 108 Å². The summed E-state index contributed by atoms with van der Waals surface area (Å²) < 4.78 is 0. The Morgan fingerprint density at radius 3 is 2.72 bits per heavy atom. The summed E-state index contributed by atoms with van der Waals surface area (Å²) in [5.74, 6) is 0.418. The Morgan fingerprint density at radius 2 is 2.11 bits per heavy atom. The van der Waals surface area contributed by atoms with Crippen molar-refractivity contribution in [1.29, 1.82) is 0 Å². The summed E-state index contributed by atoms with van der Waals surface area (Å²) in [7, 11) is 0. The van der Waals surface area contributed by atoms with Crippen molar-refractivity contribution < 1.29 is 9.90 Å². The van der Waals surface area contributed by atoms with Crippen LogP contribution in [0.1, 0.15) is 25.8 Å². The van der Waals surface area contributed by atoms with E-state index in [0.29, 0.717) is 12.3 Å². The number of aliphatic hydroxyl groups is 1. The molecule has 0 bridgehead atoms. The second-order valence-electron chi connectivity index (χ2n) is 4.99. The second-order valence-corrected chi connectivity index (χ2v) is 4.99. The number of amides is 2. The van der Waals surface area contributed by atoms with E-state index in [9.17, 15) is 9.90 Å². The van der Waals surface area contributed by atoms with Crippen LogP contribution in [0.3, 0.4) is 0 Å². The van der Waals surface area contributed by atoms with E-state index in [1.165, 1.54) is 0 Å². The van der Waals surface area contributed by atoms with Crippen molar-refractivity contribution in [3.05, 3.63) is 29.8 Å². The highest BCUT2D eigenvalue weighted by Crippen LogP contribution is 2.09. The highest BCUT2D eigenvalue weighted by atomic mass is 16.3. The molecule has 4 nitrogen and oxygen atoms in total. The first kappa shape index (κ1) is 14.5. The van der Waals surface area contributed by atoms with Crippen molar-refractivity contribution in [2.24, 2.45) is 5.92 Å². The van der Waals surface area contributed by atoms with Crippen LogP contribution < -0.4 is 10.6 Å². The number of aryl methyl sites for hydroxylation is 1. The zero-order chi connectivity index (χ0) is 13.5. The third kappa shape index (κ3) is 5.68. The number of anilines is 1. The molecule has 0 fully saturated rings. The minimum absolute atomic E-state index is 0.274. The molecule has 1 aromatic carbocycles. The van der Waals surface area contributed by atoms with Gasteiger partial charge < -0.3 is 15.7 Å². The van der Waals surface area contributed by atoms with E-state index >= 15 is 0 Å². The second kappa shape index (κ2) is 7.01. The van der Waals surface area contributed by atoms with Gasteiger partial charge in [0.1, 0.15) is 0 Å². The standard InChI is InChI=1S/C14H22N2O2/c1-10(2)7-13(17)9-15-14(18)16-12-6-4-5-11(3)8-12/h4-6,8,10,13,17H,7,9H2,1-3H3,(H2,15,16,18). The molecule has 2 amide bonds. The van der Waals surface area contributed by atoms with Gasteiger partial charge in [0.05, 0.1) is 6.10 Å². The number of carbonyl (C=O) groups excluding carboxylic acids is 1. The minimum atomic E-state index is -0.492. The number of hydrogen-bond acceptors (Lipinski definition) is 2. The molecule has 100 valence electrons. The van der Waals surface area contributed by atoms with Crippen LogP contribution in [0.5, 0.6) is 0 Å². The van der Waals surface area contributed by atoms with E-state index in [1.54, 1.807) is 0 Å². The van der Waals surface area contributed by atoms with Gasteiger partial charge in [-0.3, -0.25) is 0 Å². The van der Waals surface area contributed by atoms with E-state index in [2.05, 4.69) is 10.6 Å². The van der Waals surface area contributed by atoms with Gasteiger partial charge in [-0.1, -0.05) is 26.0 Å². The van der Waals surface area contributed by atoms with E-state index in [1.807, 2.05) is 45.0 Å². The molecule has 0 aliphatic carbocycles. The molecule has 18 heavy (non-hydrogen) atoms. The third-order valence-electron chi connectivity index (χ3n) is 2.52. The van der Waals surface area contributed by atoms with Gasteiger partial charge >= 0.3 is 6.03 Å². The number of nitrogens with one attached hydrogen (secondary N) is 2. The topological polar surface area (TPSA) is 61.4 Å². The summed E-state index contributed by atoms with van der Waals surface area (Å²) in [6.45, 7) is 6.32. The molecule has 0 heterocycles. The smallest absolute Gasteiger partial charge is 0.319 e. The largest absolute Gasteiger partial charge is 0.391 e. The van der Waals surface area contributed by atoms with Crippen molar-refractivity contribution in [2.75, 3.05) is 11.9 Å². The number of aliphatic hydroxyl groups excluding tert-OH is 1. The number of carbonyl (C=O) groups is 1. The zero-order valence-corrected chi connectivity index (χ0v) is 11.2. The Bertz CT molecular complexity index is 391. The van der Waals surface area contributed by atoms with Gasteiger partial charge in [0.2, 0.25) is 0 Å². The van der Waals surface area contributed by atoms with Crippen LogP contribution >= 0.6 is 0 Å².